The van der Waals surface area contributed by atoms with Gasteiger partial charge in [0.05, 0.1) is 21.8 Å². The molecule has 0 radical (unpaired) electrons. The number of rotatable bonds is 5. The van der Waals surface area contributed by atoms with Crippen LogP contribution in [-0.2, 0) is 12.8 Å². The van der Waals surface area contributed by atoms with Crippen LogP contribution in [0.2, 0.25) is 10.0 Å². The first-order valence-corrected chi connectivity index (χ1v) is 7.77. The van der Waals surface area contributed by atoms with E-state index in [-0.39, 0.29) is 6.04 Å². The molecule has 0 amide bonds. The van der Waals surface area contributed by atoms with Crippen LogP contribution in [0.15, 0.2) is 24.4 Å². The van der Waals surface area contributed by atoms with Crippen molar-refractivity contribution in [3.05, 3.63) is 49.9 Å². The summed E-state index contributed by atoms with van der Waals surface area (Å²) in [4.78, 5) is 7.09. The Labute approximate surface area is 127 Å². The lowest BCUT2D eigenvalue weighted by atomic mass is 10.1. The van der Waals surface area contributed by atoms with Crippen LogP contribution in [0.4, 0.5) is 0 Å². The Kier molecular flexibility index (Phi) is 5.22. The van der Waals surface area contributed by atoms with Crippen molar-refractivity contribution in [2.45, 2.75) is 25.8 Å². The number of hydrogen-bond acceptors (Lipinski definition) is 3. The van der Waals surface area contributed by atoms with Gasteiger partial charge in [0, 0.05) is 22.4 Å². The Morgan fingerprint density at radius 2 is 2.05 bits per heavy atom. The molecule has 0 saturated carbocycles. The van der Waals surface area contributed by atoms with E-state index in [0.717, 1.165) is 18.5 Å². The Balaban J connectivity index is 2.19. The molecular formula is C14H16Cl2N2S. The van der Waals surface area contributed by atoms with Crippen molar-refractivity contribution in [1.82, 2.24) is 10.3 Å². The third-order valence-electron chi connectivity index (χ3n) is 2.99. The number of likely N-dealkylation sites (N-methyl/N-ethyl adjacent to an activating group) is 1. The number of halogens is 2. The van der Waals surface area contributed by atoms with E-state index in [4.69, 9.17) is 23.2 Å². The summed E-state index contributed by atoms with van der Waals surface area (Å²) >= 11 is 13.9. The van der Waals surface area contributed by atoms with E-state index in [1.807, 2.05) is 18.4 Å². The standard InChI is InChI=1S/C14H16Cl2N2S/c1-3-10-4-5-11(19-10)7-13(17-2)14-12(16)6-9(15)8-18-14/h4-6,8,13,17H,3,7H2,1-2H3. The van der Waals surface area contributed by atoms with Crippen LogP contribution in [0, 0.1) is 0 Å². The van der Waals surface area contributed by atoms with Gasteiger partial charge in [-0.2, -0.15) is 0 Å². The zero-order valence-electron chi connectivity index (χ0n) is 10.9. The van der Waals surface area contributed by atoms with Crippen molar-refractivity contribution >= 4 is 34.5 Å². The maximum atomic E-state index is 6.22. The maximum Gasteiger partial charge on any atom is 0.0763 e. The molecule has 1 unspecified atom stereocenters. The van der Waals surface area contributed by atoms with Crippen LogP contribution >= 0.6 is 34.5 Å². The molecule has 0 aromatic carbocycles. The summed E-state index contributed by atoms with van der Waals surface area (Å²) in [5.74, 6) is 0. The Morgan fingerprint density at radius 3 is 2.63 bits per heavy atom. The van der Waals surface area contributed by atoms with Crippen LogP contribution in [0.1, 0.15) is 28.4 Å². The molecule has 19 heavy (non-hydrogen) atoms. The zero-order valence-corrected chi connectivity index (χ0v) is 13.2. The summed E-state index contributed by atoms with van der Waals surface area (Å²) < 4.78 is 0. The number of pyridine rings is 1. The first-order chi connectivity index (χ1) is 9.13. The molecule has 0 fully saturated rings. The number of nitrogens with one attached hydrogen (secondary N) is 1. The minimum atomic E-state index is 0.105. The van der Waals surface area contributed by atoms with Crippen LogP contribution < -0.4 is 5.32 Å². The van der Waals surface area contributed by atoms with Gasteiger partial charge in [0.15, 0.2) is 0 Å². The van der Waals surface area contributed by atoms with Crippen molar-refractivity contribution in [3.8, 4) is 0 Å². The van der Waals surface area contributed by atoms with Gasteiger partial charge in [-0.1, -0.05) is 30.1 Å². The minimum absolute atomic E-state index is 0.105. The highest BCUT2D eigenvalue weighted by Crippen LogP contribution is 2.28. The lowest BCUT2D eigenvalue weighted by Crippen LogP contribution is -2.20. The third kappa shape index (κ3) is 3.69. The van der Waals surface area contributed by atoms with E-state index < -0.39 is 0 Å². The normalized spacial score (nSPS) is 12.6. The SMILES string of the molecule is CCc1ccc(CC(NC)c2ncc(Cl)cc2Cl)s1. The molecular weight excluding hydrogens is 299 g/mol. The molecule has 2 heterocycles. The molecule has 102 valence electrons. The second kappa shape index (κ2) is 6.71. The highest BCUT2D eigenvalue weighted by molar-refractivity contribution is 7.11. The Hall–Kier alpha value is -0.610. The lowest BCUT2D eigenvalue weighted by Gasteiger charge is -2.16. The van der Waals surface area contributed by atoms with E-state index >= 15 is 0 Å². The predicted molar refractivity (Wildman–Crippen MR) is 83.5 cm³/mol. The molecule has 2 nitrogen and oxygen atoms in total. The molecule has 5 heteroatoms. The van der Waals surface area contributed by atoms with Crippen LogP contribution in [0.25, 0.3) is 0 Å². The number of hydrogen-bond donors (Lipinski definition) is 1. The van der Waals surface area contributed by atoms with E-state index in [1.54, 1.807) is 12.3 Å². The Bertz CT molecular complexity index is 554. The third-order valence-corrected chi connectivity index (χ3v) is 4.75. The van der Waals surface area contributed by atoms with Crippen molar-refractivity contribution < 1.29 is 0 Å². The number of nitrogens with zero attached hydrogens (tertiary/aromatic N) is 1. The van der Waals surface area contributed by atoms with Gasteiger partial charge in [-0.3, -0.25) is 4.98 Å². The molecule has 2 rings (SSSR count). The molecule has 0 spiro atoms. The average molecular weight is 315 g/mol. The van der Waals surface area contributed by atoms with E-state index in [0.29, 0.717) is 10.0 Å². The number of thiophene rings is 1. The monoisotopic (exact) mass is 314 g/mol. The molecule has 1 N–H and O–H groups in total. The predicted octanol–water partition coefficient (Wildman–Crippen LogP) is 4.52. The second-order valence-corrected chi connectivity index (χ2v) is 6.38. The zero-order chi connectivity index (χ0) is 13.8. The van der Waals surface area contributed by atoms with E-state index in [9.17, 15) is 0 Å². The number of aryl methyl sites for hydroxylation is 1. The van der Waals surface area contributed by atoms with Crippen molar-refractivity contribution in [3.63, 3.8) is 0 Å². The highest BCUT2D eigenvalue weighted by Gasteiger charge is 2.16. The maximum absolute atomic E-state index is 6.22. The molecule has 0 bridgehead atoms. The largest absolute Gasteiger partial charge is 0.311 e. The summed E-state index contributed by atoms with van der Waals surface area (Å²) in [6.45, 7) is 2.17. The fourth-order valence-electron chi connectivity index (χ4n) is 1.94. The van der Waals surface area contributed by atoms with Crippen LogP contribution in [-0.4, -0.2) is 12.0 Å². The molecule has 2 aromatic rings. The van der Waals surface area contributed by atoms with Crippen molar-refractivity contribution in [2.24, 2.45) is 0 Å². The minimum Gasteiger partial charge on any atom is -0.311 e. The van der Waals surface area contributed by atoms with Gasteiger partial charge < -0.3 is 5.32 Å². The van der Waals surface area contributed by atoms with Gasteiger partial charge in [0.25, 0.3) is 0 Å². The quantitative estimate of drug-likeness (QED) is 0.878. The Morgan fingerprint density at radius 1 is 1.32 bits per heavy atom. The second-order valence-electron chi connectivity index (χ2n) is 4.29. The van der Waals surface area contributed by atoms with E-state index in [1.165, 1.54) is 9.75 Å². The lowest BCUT2D eigenvalue weighted by molar-refractivity contribution is 0.580. The smallest absolute Gasteiger partial charge is 0.0763 e. The van der Waals surface area contributed by atoms with Crippen LogP contribution in [0.3, 0.4) is 0 Å². The molecule has 0 aliphatic rings. The van der Waals surface area contributed by atoms with Gasteiger partial charge in [0.1, 0.15) is 0 Å². The van der Waals surface area contributed by atoms with E-state index in [2.05, 4.69) is 29.4 Å². The van der Waals surface area contributed by atoms with Crippen molar-refractivity contribution in [2.75, 3.05) is 7.05 Å². The van der Waals surface area contributed by atoms with Crippen LogP contribution in [0.5, 0.6) is 0 Å². The summed E-state index contributed by atoms with van der Waals surface area (Å²) in [5, 5.41) is 4.44. The molecule has 0 aliphatic heterocycles. The molecule has 0 saturated heterocycles. The molecule has 1 atom stereocenters. The fraction of sp³-hybridized carbons (Fsp3) is 0.357. The summed E-state index contributed by atoms with van der Waals surface area (Å²) in [7, 11) is 1.92. The van der Waals surface area contributed by atoms with Gasteiger partial charge >= 0.3 is 0 Å². The van der Waals surface area contributed by atoms with Gasteiger partial charge in [-0.15, -0.1) is 11.3 Å². The van der Waals surface area contributed by atoms with Gasteiger partial charge in [-0.25, -0.2) is 0 Å². The molecule has 2 aromatic heterocycles. The number of aromatic nitrogens is 1. The summed E-state index contributed by atoms with van der Waals surface area (Å²) in [6.07, 6.45) is 3.60. The van der Waals surface area contributed by atoms with Gasteiger partial charge in [-0.05, 0) is 31.7 Å². The summed E-state index contributed by atoms with van der Waals surface area (Å²) in [5.41, 5.74) is 0.847. The van der Waals surface area contributed by atoms with Crippen molar-refractivity contribution in [1.29, 1.82) is 0 Å². The molecule has 0 aliphatic carbocycles. The topological polar surface area (TPSA) is 24.9 Å². The first-order valence-electron chi connectivity index (χ1n) is 6.19. The highest BCUT2D eigenvalue weighted by atomic mass is 35.5. The first kappa shape index (κ1) is 14.8. The summed E-state index contributed by atoms with van der Waals surface area (Å²) in [6, 6.07) is 6.20. The van der Waals surface area contributed by atoms with Gasteiger partial charge in [0.2, 0.25) is 0 Å². The average Bonchev–Trinajstić information content (AvgIpc) is 2.84. The fourth-order valence-corrected chi connectivity index (χ4v) is 3.46.